The molecule has 0 bridgehead atoms. The van der Waals surface area contributed by atoms with Crippen LogP contribution in [0.3, 0.4) is 0 Å². The molecule has 0 aromatic carbocycles. The second-order valence-corrected chi connectivity index (χ2v) is 17.4. The number of aliphatic hydroxyl groups excluding tert-OH is 2. The van der Waals surface area contributed by atoms with Crippen molar-refractivity contribution in [3.05, 3.63) is 0 Å². The van der Waals surface area contributed by atoms with E-state index in [0.29, 0.717) is 24.2 Å². The summed E-state index contributed by atoms with van der Waals surface area (Å²) in [6, 6.07) is 1.96. The molecule has 5 unspecified atom stereocenters. The lowest BCUT2D eigenvalue weighted by molar-refractivity contribution is -0.0457. The number of β-amino-alcohol motifs (C(OH)–C–C–N with tert-alkyl or cyclic N) is 1. The van der Waals surface area contributed by atoms with E-state index >= 15 is 0 Å². The predicted molar refractivity (Wildman–Crippen MR) is 228 cm³/mol. The van der Waals surface area contributed by atoms with E-state index in [0.717, 1.165) is 32.1 Å². The summed E-state index contributed by atoms with van der Waals surface area (Å²) in [4.78, 5) is 13.3. The molecule has 5 saturated heterocycles. The van der Waals surface area contributed by atoms with E-state index in [1.807, 2.05) is 0 Å². The van der Waals surface area contributed by atoms with Gasteiger partial charge in [-0.05, 0) is 162 Å². The van der Waals surface area contributed by atoms with Gasteiger partial charge in [-0.3, -0.25) is 24.5 Å². The van der Waals surface area contributed by atoms with Crippen LogP contribution in [0.5, 0.6) is 0 Å². The molecule has 0 spiro atoms. The monoisotopic (exact) mass is 749 g/mol. The lowest BCUT2D eigenvalue weighted by atomic mass is 9.78. The fourth-order valence-electron chi connectivity index (χ4n) is 12.2. The molecular formula is C45H92N6O2. The second kappa shape index (κ2) is 24.5. The normalized spacial score (nSPS) is 28.1. The van der Waals surface area contributed by atoms with Crippen molar-refractivity contribution in [1.29, 1.82) is 0 Å². The molecule has 5 rings (SSSR count). The molecule has 5 heterocycles. The Morgan fingerprint density at radius 1 is 0.509 bits per heavy atom. The number of nitrogens with zero attached hydrogens (tertiary/aromatic N) is 5. The van der Waals surface area contributed by atoms with Crippen molar-refractivity contribution in [2.45, 2.75) is 205 Å². The highest BCUT2D eigenvalue weighted by atomic mass is 16.3. The molecule has 314 valence electrons. The molecule has 0 saturated carbocycles. The van der Waals surface area contributed by atoms with Crippen LogP contribution in [0.2, 0.25) is 0 Å². The third-order valence-electron chi connectivity index (χ3n) is 15.3. The van der Waals surface area contributed by atoms with Crippen LogP contribution in [0.1, 0.15) is 170 Å². The van der Waals surface area contributed by atoms with Gasteiger partial charge in [0.05, 0.1) is 18.8 Å². The summed E-state index contributed by atoms with van der Waals surface area (Å²) in [6.07, 6.45) is 24.9. The van der Waals surface area contributed by atoms with E-state index in [1.54, 1.807) is 0 Å². The average Bonchev–Trinajstić information content (AvgIpc) is 3.97. The van der Waals surface area contributed by atoms with E-state index in [2.05, 4.69) is 85.3 Å². The summed E-state index contributed by atoms with van der Waals surface area (Å²) < 4.78 is 0. The van der Waals surface area contributed by atoms with Crippen molar-refractivity contribution in [3.63, 3.8) is 0 Å². The highest BCUT2D eigenvalue weighted by molar-refractivity contribution is 5.04. The van der Waals surface area contributed by atoms with E-state index in [1.165, 1.54) is 161 Å². The van der Waals surface area contributed by atoms with Crippen LogP contribution in [0.15, 0.2) is 0 Å². The second-order valence-electron chi connectivity index (χ2n) is 17.4. The molecule has 53 heavy (non-hydrogen) atoms. The Morgan fingerprint density at radius 3 is 1.30 bits per heavy atom. The Morgan fingerprint density at radius 2 is 0.925 bits per heavy atom. The molecule has 8 nitrogen and oxygen atoms in total. The maximum atomic E-state index is 10.1. The van der Waals surface area contributed by atoms with Crippen LogP contribution in [0.25, 0.3) is 0 Å². The molecule has 8 heteroatoms. The van der Waals surface area contributed by atoms with Crippen molar-refractivity contribution in [2.75, 3.05) is 85.7 Å². The van der Waals surface area contributed by atoms with Crippen molar-refractivity contribution >= 4 is 0 Å². The maximum Gasteiger partial charge on any atom is 0.0630 e. The number of likely N-dealkylation sites (N-methyl/N-ethyl adjacent to an activating group) is 3. The lowest BCUT2D eigenvalue weighted by Crippen LogP contribution is -2.64. The zero-order valence-corrected chi connectivity index (χ0v) is 36.8. The molecule has 3 N–H and O–H groups in total. The van der Waals surface area contributed by atoms with Gasteiger partial charge in [0.15, 0.2) is 0 Å². The highest BCUT2D eigenvalue weighted by Crippen LogP contribution is 2.39. The summed E-state index contributed by atoms with van der Waals surface area (Å²) in [6.45, 7) is 28.8. The largest absolute Gasteiger partial charge is 0.395 e. The molecule has 5 aliphatic rings. The number of nitrogens with one attached hydrogen (secondary N) is 1. The van der Waals surface area contributed by atoms with Gasteiger partial charge in [-0.2, -0.15) is 0 Å². The first-order chi connectivity index (χ1) is 25.8. The molecule has 0 amide bonds. The summed E-state index contributed by atoms with van der Waals surface area (Å²) in [5, 5.41) is 23.0. The smallest absolute Gasteiger partial charge is 0.0630 e. The maximum absolute atomic E-state index is 10.1. The molecule has 0 aromatic heterocycles. The SMILES string of the molecule is CCCC(CC)(NC)C1CCCCN1CCO.CCN1CCCCC1C(CC)(CC)N1CCCC1.CCN1CCCCC1C(CC)(CO)N1CCCC1. The van der Waals surface area contributed by atoms with Crippen LogP contribution in [0, 0.1) is 0 Å². The zero-order chi connectivity index (χ0) is 38.7. The number of rotatable bonds is 17. The predicted octanol–water partition coefficient (Wildman–Crippen LogP) is 7.61. The summed E-state index contributed by atoms with van der Waals surface area (Å²) in [5.74, 6) is 0. The van der Waals surface area contributed by atoms with Gasteiger partial charge in [0.25, 0.3) is 0 Å². The van der Waals surface area contributed by atoms with Crippen LogP contribution < -0.4 is 5.32 Å². The van der Waals surface area contributed by atoms with E-state index < -0.39 is 0 Å². The minimum atomic E-state index is 0.0208. The molecule has 0 aromatic rings. The molecule has 0 radical (unpaired) electrons. The van der Waals surface area contributed by atoms with Crippen LogP contribution >= 0.6 is 0 Å². The van der Waals surface area contributed by atoms with Crippen molar-refractivity contribution in [2.24, 2.45) is 0 Å². The molecule has 5 aliphatic heterocycles. The summed E-state index contributed by atoms with van der Waals surface area (Å²) >= 11 is 0. The first-order valence-electron chi connectivity index (χ1n) is 23.4. The number of aliphatic hydroxyl groups is 2. The quantitative estimate of drug-likeness (QED) is 0.141. The lowest BCUT2D eigenvalue weighted by Gasteiger charge is -2.52. The minimum absolute atomic E-state index is 0.0208. The van der Waals surface area contributed by atoms with E-state index in [4.69, 9.17) is 0 Å². The van der Waals surface area contributed by atoms with Crippen LogP contribution in [-0.4, -0.2) is 155 Å². The Bertz CT molecular complexity index is 874. The Balaban J connectivity index is 0.000000214. The van der Waals surface area contributed by atoms with Gasteiger partial charge in [-0.25, -0.2) is 0 Å². The van der Waals surface area contributed by atoms with Gasteiger partial charge < -0.3 is 15.5 Å². The van der Waals surface area contributed by atoms with Crippen LogP contribution in [0.4, 0.5) is 0 Å². The van der Waals surface area contributed by atoms with Crippen molar-refractivity contribution in [3.8, 4) is 0 Å². The first kappa shape index (κ1) is 47.1. The Kier molecular flexibility index (Phi) is 21.7. The average molecular weight is 749 g/mol. The Labute approximate surface area is 330 Å². The number of hydrogen-bond donors (Lipinski definition) is 3. The first-order valence-corrected chi connectivity index (χ1v) is 23.4. The van der Waals surface area contributed by atoms with Gasteiger partial charge in [-0.15, -0.1) is 0 Å². The number of piperidine rings is 3. The standard InChI is InChI=1S/C16H32N2.C15H30N2O.C14H30N2O/c1-4-16(5-2,18-13-9-10-14-18)15-11-7-8-12-17(15)6-3;1-3-15(13-18,17-11-7-8-12-17)14-9-5-6-10-16(14)4-2;1-4-9-14(5-2,15-3)13-8-6-7-10-16(13)11-12-17/h15H,4-14H2,1-3H3;14,18H,3-13H2,1-2H3;13,15,17H,4-12H2,1-3H3. The van der Waals surface area contributed by atoms with Crippen molar-refractivity contribution < 1.29 is 10.2 Å². The van der Waals surface area contributed by atoms with Gasteiger partial charge in [0.2, 0.25) is 0 Å². The highest BCUT2D eigenvalue weighted by Gasteiger charge is 2.47. The minimum Gasteiger partial charge on any atom is -0.395 e. The zero-order valence-electron chi connectivity index (χ0n) is 36.8. The fraction of sp³-hybridized carbons (Fsp3) is 1.00. The number of hydrogen-bond acceptors (Lipinski definition) is 8. The third kappa shape index (κ3) is 11.4. The van der Waals surface area contributed by atoms with Gasteiger partial charge in [0, 0.05) is 35.7 Å². The fourth-order valence-corrected chi connectivity index (χ4v) is 12.2. The molecular weight excluding hydrogens is 657 g/mol. The number of likely N-dealkylation sites (tertiary alicyclic amines) is 5. The molecule has 5 fully saturated rings. The van der Waals surface area contributed by atoms with Gasteiger partial charge >= 0.3 is 0 Å². The van der Waals surface area contributed by atoms with Crippen molar-refractivity contribution in [1.82, 2.24) is 29.8 Å². The van der Waals surface area contributed by atoms with Gasteiger partial charge in [0.1, 0.15) is 0 Å². The van der Waals surface area contributed by atoms with E-state index in [-0.39, 0.29) is 17.7 Å². The van der Waals surface area contributed by atoms with E-state index in [9.17, 15) is 10.2 Å². The molecule has 5 atom stereocenters. The third-order valence-corrected chi connectivity index (χ3v) is 15.3. The van der Waals surface area contributed by atoms with Gasteiger partial charge in [-0.1, -0.05) is 74.1 Å². The van der Waals surface area contributed by atoms with Crippen LogP contribution in [-0.2, 0) is 0 Å². The Hall–Kier alpha value is -0.320. The molecule has 0 aliphatic carbocycles. The summed E-state index contributed by atoms with van der Waals surface area (Å²) in [5.41, 5.74) is 0.726. The topological polar surface area (TPSA) is 68.7 Å². The summed E-state index contributed by atoms with van der Waals surface area (Å²) in [7, 11) is 2.10.